The van der Waals surface area contributed by atoms with Gasteiger partial charge in [-0.1, -0.05) is 6.92 Å². The van der Waals surface area contributed by atoms with Crippen LogP contribution in [0.25, 0.3) is 0 Å². The van der Waals surface area contributed by atoms with Crippen LogP contribution in [0.15, 0.2) is 5.38 Å². The van der Waals surface area contributed by atoms with Crippen LogP contribution in [0.4, 0.5) is 0 Å². The number of carbonyl (C=O) groups is 1. The highest BCUT2D eigenvalue weighted by molar-refractivity contribution is 7.09. The van der Waals surface area contributed by atoms with E-state index < -0.39 is 0 Å². The number of thiazole rings is 1. The zero-order valence-electron chi connectivity index (χ0n) is 14.7. The maximum Gasteiger partial charge on any atom is 0.223 e. The summed E-state index contributed by atoms with van der Waals surface area (Å²) in [5.74, 6) is 0.327. The van der Waals surface area contributed by atoms with E-state index in [1.807, 2.05) is 6.92 Å². The van der Waals surface area contributed by atoms with Gasteiger partial charge in [0.05, 0.1) is 17.2 Å². The number of rotatable bonds is 4. The molecule has 0 unspecified atom stereocenters. The third-order valence-corrected chi connectivity index (χ3v) is 6.65. The molecule has 0 aliphatic carbocycles. The Labute approximate surface area is 143 Å². The van der Waals surface area contributed by atoms with Crippen LogP contribution in [0.3, 0.4) is 0 Å². The highest BCUT2D eigenvalue weighted by Gasteiger charge is 2.45. The van der Waals surface area contributed by atoms with Gasteiger partial charge in [-0.05, 0) is 52.5 Å². The van der Waals surface area contributed by atoms with Crippen LogP contribution in [-0.2, 0) is 11.3 Å². The molecule has 0 aromatic carbocycles. The molecule has 1 aromatic heterocycles. The molecule has 3 rings (SSSR count). The summed E-state index contributed by atoms with van der Waals surface area (Å²) in [6, 6.07) is 0.650. The minimum Gasteiger partial charge on any atom is -0.331 e. The van der Waals surface area contributed by atoms with Gasteiger partial charge in [0.1, 0.15) is 0 Å². The predicted octanol–water partition coefficient (Wildman–Crippen LogP) is 3.60. The second kappa shape index (κ2) is 6.89. The lowest BCUT2D eigenvalue weighted by atomic mass is 9.87. The third-order valence-electron chi connectivity index (χ3n) is 5.83. The molecule has 0 saturated carbocycles. The second-order valence-electron chi connectivity index (χ2n) is 7.21. The number of aryl methyl sites for hydroxylation is 1. The molecule has 1 amide bonds. The van der Waals surface area contributed by atoms with Crippen LogP contribution in [0.5, 0.6) is 0 Å². The van der Waals surface area contributed by atoms with Crippen molar-refractivity contribution in [2.45, 2.75) is 77.4 Å². The van der Waals surface area contributed by atoms with Gasteiger partial charge < -0.3 is 9.80 Å². The van der Waals surface area contributed by atoms with E-state index in [4.69, 9.17) is 0 Å². The van der Waals surface area contributed by atoms with E-state index in [0.29, 0.717) is 24.9 Å². The van der Waals surface area contributed by atoms with E-state index in [9.17, 15) is 4.79 Å². The van der Waals surface area contributed by atoms with E-state index in [-0.39, 0.29) is 5.54 Å². The molecule has 3 heterocycles. The van der Waals surface area contributed by atoms with Crippen molar-refractivity contribution in [1.29, 1.82) is 0 Å². The van der Waals surface area contributed by atoms with Crippen molar-refractivity contribution in [2.75, 3.05) is 13.1 Å². The SMILES string of the molecule is CC[C@@H](C)N1CCC[C@]2(CCC(=O)N2Cc2csc(C)n2)CC1. The molecule has 5 heteroatoms. The molecule has 1 spiro atoms. The fourth-order valence-corrected chi connectivity index (χ4v) is 4.80. The smallest absolute Gasteiger partial charge is 0.223 e. The molecule has 128 valence electrons. The number of hydrogen-bond acceptors (Lipinski definition) is 4. The molecule has 2 atom stereocenters. The van der Waals surface area contributed by atoms with Gasteiger partial charge in [0.25, 0.3) is 0 Å². The van der Waals surface area contributed by atoms with Crippen molar-refractivity contribution in [2.24, 2.45) is 0 Å². The fraction of sp³-hybridized carbons (Fsp3) is 0.778. The normalized spacial score (nSPS) is 27.6. The van der Waals surface area contributed by atoms with E-state index in [1.54, 1.807) is 11.3 Å². The molecule has 4 nitrogen and oxygen atoms in total. The maximum absolute atomic E-state index is 12.5. The lowest BCUT2D eigenvalue weighted by Crippen LogP contribution is -2.46. The van der Waals surface area contributed by atoms with Crippen LogP contribution >= 0.6 is 11.3 Å². The second-order valence-corrected chi connectivity index (χ2v) is 8.27. The quantitative estimate of drug-likeness (QED) is 0.843. The van der Waals surface area contributed by atoms with Gasteiger partial charge in [-0.2, -0.15) is 0 Å². The molecule has 1 aromatic rings. The molecule has 2 aliphatic rings. The number of aromatic nitrogens is 1. The van der Waals surface area contributed by atoms with E-state index in [1.165, 1.54) is 19.4 Å². The lowest BCUT2D eigenvalue weighted by molar-refractivity contribution is -0.132. The number of nitrogens with zero attached hydrogens (tertiary/aromatic N) is 3. The Kier molecular flexibility index (Phi) is 5.07. The molecule has 2 saturated heterocycles. The zero-order valence-corrected chi connectivity index (χ0v) is 15.5. The summed E-state index contributed by atoms with van der Waals surface area (Å²) in [5.41, 5.74) is 1.14. The summed E-state index contributed by atoms with van der Waals surface area (Å²) < 4.78 is 0. The molecule has 0 N–H and O–H groups in total. The summed E-state index contributed by atoms with van der Waals surface area (Å²) in [7, 11) is 0. The molecule has 0 radical (unpaired) electrons. The van der Waals surface area contributed by atoms with E-state index >= 15 is 0 Å². The monoisotopic (exact) mass is 335 g/mol. The molecule has 23 heavy (non-hydrogen) atoms. The van der Waals surface area contributed by atoms with Crippen molar-refractivity contribution in [1.82, 2.24) is 14.8 Å². The van der Waals surface area contributed by atoms with Gasteiger partial charge in [-0.15, -0.1) is 11.3 Å². The number of likely N-dealkylation sites (tertiary alicyclic amines) is 2. The first-order valence-corrected chi connectivity index (χ1v) is 9.87. The van der Waals surface area contributed by atoms with Crippen LogP contribution in [0.2, 0.25) is 0 Å². The Balaban J connectivity index is 1.75. The Bertz CT molecular complexity index is 558. The van der Waals surface area contributed by atoms with Crippen LogP contribution in [0.1, 0.15) is 63.1 Å². The number of hydrogen-bond donors (Lipinski definition) is 0. The molecule has 0 bridgehead atoms. The Morgan fingerprint density at radius 1 is 1.35 bits per heavy atom. The molecule has 2 aliphatic heterocycles. The van der Waals surface area contributed by atoms with Gasteiger partial charge in [0.15, 0.2) is 0 Å². The minimum atomic E-state index is 0.0802. The van der Waals surface area contributed by atoms with Gasteiger partial charge in [-0.25, -0.2) is 4.98 Å². The van der Waals surface area contributed by atoms with Gasteiger partial charge >= 0.3 is 0 Å². The number of amides is 1. The van der Waals surface area contributed by atoms with Crippen molar-refractivity contribution >= 4 is 17.2 Å². The summed E-state index contributed by atoms with van der Waals surface area (Å²) in [6.07, 6.45) is 6.41. The summed E-state index contributed by atoms with van der Waals surface area (Å²) in [5, 5.41) is 3.20. The fourth-order valence-electron chi connectivity index (χ4n) is 4.19. The summed E-state index contributed by atoms with van der Waals surface area (Å²) in [4.78, 5) is 21.9. The first-order valence-electron chi connectivity index (χ1n) is 8.99. The lowest BCUT2D eigenvalue weighted by Gasteiger charge is -2.38. The van der Waals surface area contributed by atoms with Gasteiger partial charge in [0, 0.05) is 29.9 Å². The first kappa shape index (κ1) is 16.9. The largest absolute Gasteiger partial charge is 0.331 e. The number of carbonyl (C=O) groups excluding carboxylic acids is 1. The maximum atomic E-state index is 12.5. The highest BCUT2D eigenvalue weighted by atomic mass is 32.1. The molecular formula is C18H29N3OS. The van der Waals surface area contributed by atoms with E-state index in [2.05, 4.69) is 34.0 Å². The predicted molar refractivity (Wildman–Crippen MR) is 94.5 cm³/mol. The van der Waals surface area contributed by atoms with Crippen molar-refractivity contribution in [3.8, 4) is 0 Å². The molecule has 2 fully saturated rings. The van der Waals surface area contributed by atoms with Gasteiger partial charge in [-0.3, -0.25) is 4.79 Å². The van der Waals surface area contributed by atoms with Crippen LogP contribution in [-0.4, -0.2) is 45.4 Å². The Morgan fingerprint density at radius 3 is 2.87 bits per heavy atom. The highest BCUT2D eigenvalue weighted by Crippen LogP contribution is 2.40. The standard InChI is InChI=1S/C18H29N3OS/c1-4-14(2)20-10-5-7-18(9-11-20)8-6-17(22)21(18)12-16-13-23-15(3)19-16/h13-14H,4-12H2,1-3H3/t14-,18+/m1/s1. The average Bonchev–Trinajstić information content (AvgIpc) is 2.99. The van der Waals surface area contributed by atoms with Crippen molar-refractivity contribution < 1.29 is 4.79 Å². The van der Waals surface area contributed by atoms with Crippen LogP contribution in [0, 0.1) is 6.92 Å². The summed E-state index contributed by atoms with van der Waals surface area (Å²) in [6.45, 7) is 9.62. The first-order chi connectivity index (χ1) is 11.0. The van der Waals surface area contributed by atoms with Crippen molar-refractivity contribution in [3.05, 3.63) is 16.1 Å². The Morgan fingerprint density at radius 2 is 2.17 bits per heavy atom. The average molecular weight is 336 g/mol. The third kappa shape index (κ3) is 3.45. The zero-order chi connectivity index (χ0) is 16.4. The topological polar surface area (TPSA) is 36.4 Å². The van der Waals surface area contributed by atoms with Crippen molar-refractivity contribution in [3.63, 3.8) is 0 Å². The van der Waals surface area contributed by atoms with Crippen LogP contribution < -0.4 is 0 Å². The summed E-state index contributed by atoms with van der Waals surface area (Å²) >= 11 is 1.68. The Hall–Kier alpha value is -0.940. The van der Waals surface area contributed by atoms with Gasteiger partial charge in [0.2, 0.25) is 5.91 Å². The van der Waals surface area contributed by atoms with E-state index in [0.717, 1.165) is 36.5 Å². The molecular weight excluding hydrogens is 306 g/mol. The minimum absolute atomic E-state index is 0.0802.